The van der Waals surface area contributed by atoms with Crippen LogP contribution in [-0.2, 0) is 14.6 Å². The number of nitrogens with one attached hydrogen (secondary N) is 1. The molecule has 110 valence electrons. The normalized spacial score (nSPS) is 40.3. The molecule has 19 heavy (non-hydrogen) atoms. The van der Waals surface area contributed by atoms with Crippen molar-refractivity contribution in [2.75, 3.05) is 45.1 Å². The minimum atomic E-state index is -2.84. The zero-order chi connectivity index (χ0) is 13.3. The van der Waals surface area contributed by atoms with Gasteiger partial charge in [0.05, 0.1) is 24.2 Å². The van der Waals surface area contributed by atoms with Crippen LogP contribution in [0.5, 0.6) is 0 Å². The fourth-order valence-corrected chi connectivity index (χ4v) is 6.15. The molecule has 6 heteroatoms. The smallest absolute Gasteiger partial charge is 0.153 e. The first kappa shape index (κ1) is 13.8. The van der Waals surface area contributed by atoms with Gasteiger partial charge in [0.25, 0.3) is 0 Å². The Labute approximate surface area is 115 Å². The lowest BCUT2D eigenvalue weighted by atomic mass is 9.86. The van der Waals surface area contributed by atoms with Gasteiger partial charge in [0, 0.05) is 25.7 Å². The molecule has 0 aromatic rings. The molecule has 3 fully saturated rings. The number of hydrogen-bond acceptors (Lipinski definition) is 5. The van der Waals surface area contributed by atoms with E-state index < -0.39 is 9.84 Å². The van der Waals surface area contributed by atoms with Crippen LogP contribution in [0.4, 0.5) is 0 Å². The van der Waals surface area contributed by atoms with Gasteiger partial charge >= 0.3 is 0 Å². The number of morpholine rings is 1. The zero-order valence-electron chi connectivity index (χ0n) is 11.4. The third-order valence-corrected chi connectivity index (χ3v) is 7.24. The minimum absolute atomic E-state index is 0.0950. The van der Waals surface area contributed by atoms with Gasteiger partial charge in [0.15, 0.2) is 9.84 Å². The highest BCUT2D eigenvalue weighted by Gasteiger charge is 2.43. The van der Waals surface area contributed by atoms with Crippen LogP contribution in [0.1, 0.15) is 19.3 Å². The molecule has 3 atom stereocenters. The van der Waals surface area contributed by atoms with Crippen molar-refractivity contribution in [3.8, 4) is 0 Å². The zero-order valence-corrected chi connectivity index (χ0v) is 12.2. The van der Waals surface area contributed by atoms with E-state index in [4.69, 9.17) is 4.74 Å². The highest BCUT2D eigenvalue weighted by Crippen LogP contribution is 2.33. The van der Waals surface area contributed by atoms with E-state index in [1.807, 2.05) is 0 Å². The maximum atomic E-state index is 12.2. The molecule has 0 saturated carbocycles. The van der Waals surface area contributed by atoms with E-state index in [1.165, 1.54) is 0 Å². The second kappa shape index (κ2) is 5.68. The largest absolute Gasteiger partial charge is 0.379 e. The van der Waals surface area contributed by atoms with Gasteiger partial charge in [-0.15, -0.1) is 0 Å². The number of rotatable bonds is 2. The van der Waals surface area contributed by atoms with E-state index in [0.717, 1.165) is 58.7 Å². The highest BCUT2D eigenvalue weighted by molar-refractivity contribution is 7.92. The van der Waals surface area contributed by atoms with E-state index in [9.17, 15) is 8.42 Å². The Morgan fingerprint density at radius 1 is 1.16 bits per heavy atom. The molecule has 3 rings (SSSR count). The minimum Gasteiger partial charge on any atom is -0.379 e. The van der Waals surface area contributed by atoms with E-state index >= 15 is 0 Å². The summed E-state index contributed by atoms with van der Waals surface area (Å²) in [5.41, 5.74) is 0. The summed E-state index contributed by atoms with van der Waals surface area (Å²) >= 11 is 0. The summed E-state index contributed by atoms with van der Waals surface area (Å²) in [5.74, 6) is 0.712. The number of hydrogen-bond donors (Lipinski definition) is 1. The lowest BCUT2D eigenvalue weighted by Crippen LogP contribution is -2.57. The molecule has 3 aliphatic rings. The van der Waals surface area contributed by atoms with Gasteiger partial charge < -0.3 is 10.1 Å². The van der Waals surface area contributed by atoms with Crippen molar-refractivity contribution >= 4 is 9.84 Å². The highest BCUT2D eigenvalue weighted by atomic mass is 32.2. The molecular formula is C13H24N2O3S. The van der Waals surface area contributed by atoms with Crippen molar-refractivity contribution in [3.63, 3.8) is 0 Å². The molecule has 3 aliphatic heterocycles. The van der Waals surface area contributed by atoms with Crippen LogP contribution in [-0.4, -0.2) is 69.8 Å². The monoisotopic (exact) mass is 288 g/mol. The second-order valence-corrected chi connectivity index (χ2v) is 8.26. The molecule has 0 aliphatic carbocycles. The van der Waals surface area contributed by atoms with Crippen molar-refractivity contribution in [3.05, 3.63) is 0 Å². The molecule has 0 radical (unpaired) electrons. The van der Waals surface area contributed by atoms with Gasteiger partial charge in [-0.2, -0.15) is 0 Å². The van der Waals surface area contributed by atoms with Gasteiger partial charge in [-0.3, -0.25) is 4.90 Å². The molecule has 0 aromatic carbocycles. The van der Waals surface area contributed by atoms with Crippen molar-refractivity contribution < 1.29 is 13.2 Å². The average Bonchev–Trinajstić information content (AvgIpc) is 2.79. The standard InChI is InChI=1S/C13H24N2O3S/c16-19(17)9-1-2-13(19)11-3-4-14-10-12(11)15-5-7-18-8-6-15/h11-14H,1-10H2. The summed E-state index contributed by atoms with van der Waals surface area (Å²) in [6.07, 6.45) is 2.71. The third-order valence-electron chi connectivity index (χ3n) is 4.87. The van der Waals surface area contributed by atoms with Crippen molar-refractivity contribution in [2.24, 2.45) is 5.92 Å². The van der Waals surface area contributed by atoms with Crippen LogP contribution in [0.2, 0.25) is 0 Å². The topological polar surface area (TPSA) is 58.6 Å². The SMILES string of the molecule is O=S1(=O)CCCC1C1CCNCC1N1CCOCC1. The molecule has 3 heterocycles. The Kier molecular flexibility index (Phi) is 4.12. The third kappa shape index (κ3) is 2.82. The molecule has 0 bridgehead atoms. The Morgan fingerprint density at radius 2 is 1.95 bits per heavy atom. The molecule has 3 unspecified atom stereocenters. The van der Waals surface area contributed by atoms with E-state index in [1.54, 1.807) is 0 Å². The van der Waals surface area contributed by atoms with Crippen LogP contribution >= 0.6 is 0 Å². The Bertz CT molecular complexity index is 406. The summed E-state index contributed by atoms with van der Waals surface area (Å²) in [6.45, 7) is 5.32. The summed E-state index contributed by atoms with van der Waals surface area (Å²) in [6, 6.07) is 0.371. The summed E-state index contributed by atoms with van der Waals surface area (Å²) in [4.78, 5) is 2.44. The van der Waals surface area contributed by atoms with Crippen LogP contribution < -0.4 is 5.32 Å². The quantitative estimate of drug-likeness (QED) is 0.767. The Balaban J connectivity index is 1.76. The van der Waals surface area contributed by atoms with E-state index in [2.05, 4.69) is 10.2 Å². The number of ether oxygens (including phenoxy) is 1. The number of piperidine rings is 1. The molecule has 0 amide bonds. The van der Waals surface area contributed by atoms with E-state index in [-0.39, 0.29) is 5.25 Å². The predicted octanol–water partition coefficient (Wildman–Crippen LogP) is -0.126. The first-order valence-electron chi connectivity index (χ1n) is 7.42. The average molecular weight is 288 g/mol. The van der Waals surface area contributed by atoms with Gasteiger partial charge in [-0.25, -0.2) is 8.42 Å². The molecule has 3 saturated heterocycles. The van der Waals surface area contributed by atoms with Crippen molar-refractivity contribution in [1.29, 1.82) is 0 Å². The van der Waals surface area contributed by atoms with Crippen LogP contribution in [0.25, 0.3) is 0 Å². The fourth-order valence-electron chi connectivity index (χ4n) is 3.90. The maximum absolute atomic E-state index is 12.2. The summed E-state index contributed by atoms with van der Waals surface area (Å²) in [7, 11) is -2.84. The van der Waals surface area contributed by atoms with Gasteiger partial charge in [0.1, 0.15) is 0 Å². The van der Waals surface area contributed by atoms with Gasteiger partial charge in [0.2, 0.25) is 0 Å². The first-order valence-corrected chi connectivity index (χ1v) is 9.14. The Hall–Kier alpha value is -0.170. The van der Waals surface area contributed by atoms with Crippen LogP contribution in [0.3, 0.4) is 0 Å². The summed E-state index contributed by atoms with van der Waals surface area (Å²) in [5, 5.41) is 3.34. The lowest BCUT2D eigenvalue weighted by Gasteiger charge is -2.43. The first-order chi connectivity index (χ1) is 9.18. The fraction of sp³-hybridized carbons (Fsp3) is 1.00. The van der Waals surface area contributed by atoms with Crippen LogP contribution in [0.15, 0.2) is 0 Å². The molecule has 0 aromatic heterocycles. The Morgan fingerprint density at radius 3 is 2.63 bits per heavy atom. The molecule has 5 nitrogen and oxygen atoms in total. The molecular weight excluding hydrogens is 264 g/mol. The predicted molar refractivity (Wildman–Crippen MR) is 74.0 cm³/mol. The summed E-state index contributed by atoms with van der Waals surface area (Å²) < 4.78 is 29.9. The van der Waals surface area contributed by atoms with Crippen molar-refractivity contribution in [2.45, 2.75) is 30.6 Å². The second-order valence-electron chi connectivity index (χ2n) is 5.92. The van der Waals surface area contributed by atoms with Crippen LogP contribution in [0, 0.1) is 5.92 Å². The van der Waals surface area contributed by atoms with Gasteiger partial charge in [-0.05, 0) is 31.7 Å². The van der Waals surface area contributed by atoms with Crippen molar-refractivity contribution in [1.82, 2.24) is 10.2 Å². The molecule has 0 spiro atoms. The maximum Gasteiger partial charge on any atom is 0.153 e. The molecule has 1 N–H and O–H groups in total. The lowest BCUT2D eigenvalue weighted by molar-refractivity contribution is -0.00383. The van der Waals surface area contributed by atoms with Gasteiger partial charge in [-0.1, -0.05) is 0 Å². The van der Waals surface area contributed by atoms with E-state index in [0.29, 0.717) is 17.7 Å². The number of sulfone groups is 1. The number of nitrogens with zero attached hydrogens (tertiary/aromatic N) is 1.